The van der Waals surface area contributed by atoms with Crippen LogP contribution in [0, 0.1) is 0 Å². The highest BCUT2D eigenvalue weighted by atomic mass is 16.5. The van der Waals surface area contributed by atoms with E-state index < -0.39 is 0 Å². The fraction of sp³-hybridized carbons (Fsp3) is 0.200. The lowest BCUT2D eigenvalue weighted by atomic mass is 10.8. The SMILES string of the molecule is O=C(NCOCNC(=O)n1ccnc1)n1ccnc1. The summed E-state index contributed by atoms with van der Waals surface area (Å²) in [5.41, 5.74) is 0. The Morgan fingerprint density at radius 3 is 1.79 bits per heavy atom. The number of carbonyl (C=O) groups is 2. The number of nitrogens with zero attached hydrogens (tertiary/aromatic N) is 4. The van der Waals surface area contributed by atoms with Crippen LogP contribution in [0.3, 0.4) is 0 Å². The van der Waals surface area contributed by atoms with Crippen LogP contribution in [0.2, 0.25) is 0 Å². The van der Waals surface area contributed by atoms with Crippen LogP contribution in [-0.4, -0.2) is 44.6 Å². The maximum atomic E-state index is 11.4. The Kier molecular flexibility index (Phi) is 4.24. The van der Waals surface area contributed by atoms with E-state index in [1.165, 1.54) is 46.6 Å². The highest BCUT2D eigenvalue weighted by Crippen LogP contribution is 1.85. The van der Waals surface area contributed by atoms with Crippen molar-refractivity contribution in [3.8, 4) is 0 Å². The number of carbonyl (C=O) groups excluding carboxylic acids is 2. The van der Waals surface area contributed by atoms with Crippen molar-refractivity contribution in [1.82, 2.24) is 29.7 Å². The third-order valence-corrected chi connectivity index (χ3v) is 2.13. The van der Waals surface area contributed by atoms with Crippen LogP contribution in [0.1, 0.15) is 0 Å². The third kappa shape index (κ3) is 3.64. The van der Waals surface area contributed by atoms with Crippen LogP contribution < -0.4 is 10.6 Å². The summed E-state index contributed by atoms with van der Waals surface area (Å²) in [6, 6.07) is -0.725. The molecular formula is C10H12N6O3. The van der Waals surface area contributed by atoms with E-state index in [4.69, 9.17) is 4.74 Å². The molecule has 0 aliphatic rings. The molecule has 9 nitrogen and oxygen atoms in total. The lowest BCUT2D eigenvalue weighted by Crippen LogP contribution is -2.34. The first-order chi connectivity index (χ1) is 9.27. The smallest absolute Gasteiger partial charge is 0.328 e. The summed E-state index contributed by atoms with van der Waals surface area (Å²) in [5, 5.41) is 4.97. The highest BCUT2D eigenvalue weighted by Gasteiger charge is 2.03. The number of amides is 2. The molecule has 0 saturated heterocycles. The van der Waals surface area contributed by atoms with Crippen LogP contribution >= 0.6 is 0 Å². The Morgan fingerprint density at radius 2 is 1.42 bits per heavy atom. The fourth-order valence-corrected chi connectivity index (χ4v) is 1.22. The zero-order valence-corrected chi connectivity index (χ0v) is 9.89. The minimum atomic E-state index is -0.363. The molecule has 0 fully saturated rings. The summed E-state index contributed by atoms with van der Waals surface area (Å²) >= 11 is 0. The van der Waals surface area contributed by atoms with Crippen molar-refractivity contribution >= 4 is 12.1 Å². The molecule has 19 heavy (non-hydrogen) atoms. The van der Waals surface area contributed by atoms with Gasteiger partial charge in [-0.15, -0.1) is 0 Å². The summed E-state index contributed by atoms with van der Waals surface area (Å²) in [6.07, 6.45) is 8.75. The maximum Gasteiger partial charge on any atom is 0.328 e. The van der Waals surface area contributed by atoms with Crippen LogP contribution in [-0.2, 0) is 4.74 Å². The van der Waals surface area contributed by atoms with Gasteiger partial charge in [0.2, 0.25) is 0 Å². The van der Waals surface area contributed by atoms with E-state index in [1.807, 2.05) is 0 Å². The number of ether oxygens (including phenoxy) is 1. The molecule has 0 bridgehead atoms. The molecule has 0 aliphatic heterocycles. The Labute approximate surface area is 108 Å². The summed E-state index contributed by atoms with van der Waals surface area (Å²) in [6.45, 7) is -0.0531. The monoisotopic (exact) mass is 264 g/mol. The predicted molar refractivity (Wildman–Crippen MR) is 63.1 cm³/mol. The van der Waals surface area contributed by atoms with Gasteiger partial charge >= 0.3 is 12.1 Å². The second kappa shape index (κ2) is 6.31. The van der Waals surface area contributed by atoms with Crippen LogP contribution in [0.5, 0.6) is 0 Å². The maximum absolute atomic E-state index is 11.4. The van der Waals surface area contributed by atoms with Gasteiger partial charge in [0.05, 0.1) is 0 Å². The van der Waals surface area contributed by atoms with Gasteiger partial charge in [0, 0.05) is 24.8 Å². The highest BCUT2D eigenvalue weighted by molar-refractivity contribution is 5.76. The molecule has 2 N–H and O–H groups in total. The summed E-state index contributed by atoms with van der Waals surface area (Å²) in [7, 11) is 0. The van der Waals surface area contributed by atoms with Crippen molar-refractivity contribution in [2.45, 2.75) is 0 Å². The summed E-state index contributed by atoms with van der Waals surface area (Å²) in [5.74, 6) is 0. The van der Waals surface area contributed by atoms with Crippen LogP contribution in [0.15, 0.2) is 37.4 Å². The molecule has 0 atom stereocenters. The van der Waals surface area contributed by atoms with Gasteiger partial charge in [-0.2, -0.15) is 0 Å². The predicted octanol–water partition coefficient (Wildman–Crippen LogP) is -0.173. The number of rotatable bonds is 4. The van der Waals surface area contributed by atoms with E-state index in [-0.39, 0.29) is 25.5 Å². The second-order valence-corrected chi connectivity index (χ2v) is 3.40. The average Bonchev–Trinajstić information content (AvgIpc) is 3.10. The zero-order chi connectivity index (χ0) is 13.5. The van der Waals surface area contributed by atoms with Gasteiger partial charge in [0.25, 0.3) is 0 Å². The van der Waals surface area contributed by atoms with Gasteiger partial charge < -0.3 is 15.4 Å². The van der Waals surface area contributed by atoms with E-state index in [0.29, 0.717) is 0 Å². The molecule has 0 aromatic carbocycles. The van der Waals surface area contributed by atoms with Crippen molar-refractivity contribution < 1.29 is 14.3 Å². The van der Waals surface area contributed by atoms with E-state index >= 15 is 0 Å². The van der Waals surface area contributed by atoms with Gasteiger partial charge in [-0.1, -0.05) is 0 Å². The first-order valence-electron chi connectivity index (χ1n) is 5.37. The van der Waals surface area contributed by atoms with Crippen molar-refractivity contribution in [2.75, 3.05) is 13.5 Å². The summed E-state index contributed by atoms with van der Waals surface area (Å²) < 4.78 is 7.58. The molecule has 2 aromatic heterocycles. The van der Waals surface area contributed by atoms with Gasteiger partial charge in [-0.3, -0.25) is 9.13 Å². The van der Waals surface area contributed by atoms with Crippen molar-refractivity contribution in [2.24, 2.45) is 0 Å². The van der Waals surface area contributed by atoms with Gasteiger partial charge in [0.1, 0.15) is 26.1 Å². The van der Waals surface area contributed by atoms with Gasteiger partial charge in [-0.25, -0.2) is 19.6 Å². The molecule has 0 unspecified atom stereocenters. The largest absolute Gasteiger partial charge is 0.341 e. The summed E-state index contributed by atoms with van der Waals surface area (Å²) in [4.78, 5) is 30.3. The molecule has 2 heterocycles. The third-order valence-electron chi connectivity index (χ3n) is 2.13. The van der Waals surface area contributed by atoms with E-state index in [9.17, 15) is 9.59 Å². The van der Waals surface area contributed by atoms with Gasteiger partial charge in [0.15, 0.2) is 0 Å². The van der Waals surface area contributed by atoms with Gasteiger partial charge in [-0.05, 0) is 0 Å². The Balaban J connectivity index is 1.60. The molecule has 9 heteroatoms. The normalized spacial score (nSPS) is 10.1. The zero-order valence-electron chi connectivity index (χ0n) is 9.89. The van der Waals surface area contributed by atoms with E-state index in [1.54, 1.807) is 0 Å². The molecule has 2 rings (SSSR count). The lowest BCUT2D eigenvalue weighted by Gasteiger charge is -2.08. The topological polar surface area (TPSA) is 103 Å². The van der Waals surface area contributed by atoms with Crippen molar-refractivity contribution in [3.63, 3.8) is 0 Å². The Bertz CT molecular complexity index is 473. The standard InChI is InChI=1S/C10H12N6O3/c17-9(15-3-1-11-5-15)13-7-19-8-14-10(18)16-4-2-12-6-16/h1-6H,7-8H2,(H,13,17)(H,14,18). The van der Waals surface area contributed by atoms with Crippen LogP contribution in [0.4, 0.5) is 9.59 Å². The fourth-order valence-electron chi connectivity index (χ4n) is 1.22. The quantitative estimate of drug-likeness (QED) is 0.589. The number of aromatic nitrogens is 4. The van der Waals surface area contributed by atoms with E-state index in [0.717, 1.165) is 0 Å². The van der Waals surface area contributed by atoms with Crippen LogP contribution in [0.25, 0.3) is 0 Å². The molecule has 0 aliphatic carbocycles. The minimum Gasteiger partial charge on any atom is -0.341 e. The molecular weight excluding hydrogens is 252 g/mol. The molecule has 2 aromatic rings. The number of imidazole rings is 2. The number of hydrogen-bond acceptors (Lipinski definition) is 5. The Hall–Kier alpha value is -2.68. The van der Waals surface area contributed by atoms with E-state index in [2.05, 4.69) is 20.6 Å². The Morgan fingerprint density at radius 1 is 0.947 bits per heavy atom. The first kappa shape index (κ1) is 12.8. The number of nitrogens with one attached hydrogen (secondary N) is 2. The molecule has 0 saturated carbocycles. The second-order valence-electron chi connectivity index (χ2n) is 3.40. The molecule has 2 amide bonds. The molecule has 100 valence electrons. The van der Waals surface area contributed by atoms with Crippen molar-refractivity contribution in [3.05, 3.63) is 37.4 Å². The number of hydrogen-bond donors (Lipinski definition) is 2. The minimum absolute atomic E-state index is 0.0266. The molecule has 0 radical (unpaired) electrons. The van der Waals surface area contributed by atoms with Crippen molar-refractivity contribution in [1.29, 1.82) is 0 Å². The average molecular weight is 264 g/mol. The lowest BCUT2D eigenvalue weighted by molar-refractivity contribution is 0.109. The first-order valence-corrected chi connectivity index (χ1v) is 5.37. The molecule has 0 spiro atoms.